The summed E-state index contributed by atoms with van der Waals surface area (Å²) >= 11 is 6.21. The number of benzene rings is 1. The predicted octanol–water partition coefficient (Wildman–Crippen LogP) is 2.39. The highest BCUT2D eigenvalue weighted by atomic mass is 35.5. The number of rotatable bonds is 4. The average Bonchev–Trinajstić information content (AvgIpc) is 2.45. The lowest BCUT2D eigenvalue weighted by molar-refractivity contribution is 0.0884. The highest BCUT2D eigenvalue weighted by Gasteiger charge is 2.25. The van der Waals surface area contributed by atoms with Gasteiger partial charge in [0.05, 0.1) is 5.56 Å². The molecule has 1 heterocycles. The summed E-state index contributed by atoms with van der Waals surface area (Å²) in [4.78, 5) is 14.9. The largest absolute Gasteiger partial charge is 0.507 e. The summed E-state index contributed by atoms with van der Waals surface area (Å²) in [5, 5.41) is 14.0. The number of halogens is 1. The molecule has 0 bridgehead atoms. The maximum absolute atomic E-state index is 12.7. The van der Waals surface area contributed by atoms with Gasteiger partial charge in [-0.3, -0.25) is 4.79 Å². The van der Waals surface area contributed by atoms with Crippen molar-refractivity contribution in [2.45, 2.75) is 20.8 Å². The Labute approximate surface area is 131 Å². The fraction of sp³-hybridized carbons (Fsp3) is 0.562. The van der Waals surface area contributed by atoms with Crippen molar-refractivity contribution in [2.75, 3.05) is 32.7 Å². The van der Waals surface area contributed by atoms with Crippen LogP contribution in [0.25, 0.3) is 0 Å². The Kier molecular flexibility index (Phi) is 5.25. The number of aryl methyl sites for hydroxylation is 1. The first-order valence-electron chi connectivity index (χ1n) is 7.37. The third kappa shape index (κ3) is 3.57. The Balaban J connectivity index is 2.17. The van der Waals surface area contributed by atoms with Gasteiger partial charge in [-0.1, -0.05) is 18.5 Å². The normalized spacial score (nSPS) is 17.7. The van der Waals surface area contributed by atoms with Crippen LogP contribution in [0.2, 0.25) is 5.02 Å². The van der Waals surface area contributed by atoms with E-state index in [2.05, 4.69) is 10.2 Å². The van der Waals surface area contributed by atoms with E-state index < -0.39 is 0 Å². The van der Waals surface area contributed by atoms with Crippen LogP contribution in [0.4, 0.5) is 0 Å². The van der Waals surface area contributed by atoms with Gasteiger partial charge in [0.1, 0.15) is 5.75 Å². The second kappa shape index (κ2) is 6.77. The van der Waals surface area contributed by atoms with E-state index in [-0.39, 0.29) is 17.5 Å². The first-order valence-corrected chi connectivity index (χ1v) is 7.75. The molecule has 1 aliphatic rings. The molecule has 1 saturated heterocycles. The summed E-state index contributed by atoms with van der Waals surface area (Å²) in [5.74, 6) is -0.163. The van der Waals surface area contributed by atoms with Gasteiger partial charge in [0, 0.05) is 43.7 Å². The molecule has 0 saturated carbocycles. The van der Waals surface area contributed by atoms with E-state index >= 15 is 0 Å². The molecule has 1 atom stereocenters. The van der Waals surface area contributed by atoms with Gasteiger partial charge in [-0.05, 0) is 31.0 Å². The molecule has 0 aromatic heterocycles. The number of carbonyl (C=O) groups is 1. The standard InChI is InChI=1S/C16H23ClN2O2/c1-10-8-13(20)14(12(3)15(10)17)16(21)11(2)9-19-6-4-18-5-7-19/h8,11,18,20H,4-7,9H2,1-3H3. The molecule has 5 heteroatoms. The molecule has 21 heavy (non-hydrogen) atoms. The number of Topliss-reactive ketones (excluding diaryl/α,β-unsaturated/α-hetero) is 1. The van der Waals surface area contributed by atoms with Crippen LogP contribution >= 0.6 is 11.6 Å². The number of nitrogens with one attached hydrogen (secondary N) is 1. The van der Waals surface area contributed by atoms with Crippen LogP contribution in [0.15, 0.2) is 6.07 Å². The fourth-order valence-corrected chi connectivity index (χ4v) is 3.01. The third-order valence-electron chi connectivity index (χ3n) is 4.10. The molecular weight excluding hydrogens is 288 g/mol. The number of hydrogen-bond acceptors (Lipinski definition) is 4. The molecule has 0 spiro atoms. The van der Waals surface area contributed by atoms with E-state index in [1.165, 1.54) is 0 Å². The molecular formula is C16H23ClN2O2. The van der Waals surface area contributed by atoms with E-state index in [0.29, 0.717) is 22.7 Å². The van der Waals surface area contributed by atoms with Crippen molar-refractivity contribution in [3.05, 3.63) is 27.8 Å². The van der Waals surface area contributed by atoms with E-state index in [1.807, 2.05) is 13.8 Å². The third-order valence-corrected chi connectivity index (χ3v) is 4.68. The van der Waals surface area contributed by atoms with Gasteiger partial charge in [-0.15, -0.1) is 0 Å². The first kappa shape index (κ1) is 16.3. The topological polar surface area (TPSA) is 52.6 Å². The molecule has 0 aliphatic carbocycles. The van der Waals surface area contributed by atoms with Crippen molar-refractivity contribution in [1.29, 1.82) is 0 Å². The predicted molar refractivity (Wildman–Crippen MR) is 85.4 cm³/mol. The van der Waals surface area contributed by atoms with E-state index in [1.54, 1.807) is 13.0 Å². The fourth-order valence-electron chi connectivity index (χ4n) is 2.86. The van der Waals surface area contributed by atoms with Gasteiger partial charge in [0.15, 0.2) is 5.78 Å². The summed E-state index contributed by atoms with van der Waals surface area (Å²) in [5.41, 5.74) is 1.83. The van der Waals surface area contributed by atoms with Crippen LogP contribution in [0.3, 0.4) is 0 Å². The Hall–Kier alpha value is -1.10. The van der Waals surface area contributed by atoms with Gasteiger partial charge in [0.2, 0.25) is 0 Å². The lowest BCUT2D eigenvalue weighted by Crippen LogP contribution is -2.45. The first-order chi connectivity index (χ1) is 9.91. The number of ketones is 1. The second-order valence-electron chi connectivity index (χ2n) is 5.84. The lowest BCUT2D eigenvalue weighted by atomic mass is 9.93. The zero-order valence-corrected chi connectivity index (χ0v) is 13.6. The van der Waals surface area contributed by atoms with Gasteiger partial charge in [0.25, 0.3) is 0 Å². The van der Waals surface area contributed by atoms with Gasteiger partial charge >= 0.3 is 0 Å². The summed E-state index contributed by atoms with van der Waals surface area (Å²) < 4.78 is 0. The number of phenolic OH excluding ortho intramolecular Hbond substituents is 1. The summed E-state index contributed by atoms with van der Waals surface area (Å²) in [6, 6.07) is 1.57. The maximum atomic E-state index is 12.7. The number of aromatic hydroxyl groups is 1. The van der Waals surface area contributed by atoms with E-state index in [9.17, 15) is 9.90 Å². The van der Waals surface area contributed by atoms with Crippen molar-refractivity contribution >= 4 is 17.4 Å². The van der Waals surface area contributed by atoms with Crippen molar-refractivity contribution in [3.8, 4) is 5.75 Å². The van der Waals surface area contributed by atoms with Crippen molar-refractivity contribution in [2.24, 2.45) is 5.92 Å². The Morgan fingerprint density at radius 1 is 1.43 bits per heavy atom. The Morgan fingerprint density at radius 3 is 2.67 bits per heavy atom. The zero-order chi connectivity index (χ0) is 15.6. The highest BCUT2D eigenvalue weighted by Crippen LogP contribution is 2.32. The summed E-state index contributed by atoms with van der Waals surface area (Å²) in [7, 11) is 0. The van der Waals surface area contributed by atoms with Crippen molar-refractivity contribution in [1.82, 2.24) is 10.2 Å². The number of phenols is 1. The minimum absolute atomic E-state index is 0.0339. The molecule has 4 nitrogen and oxygen atoms in total. The monoisotopic (exact) mass is 310 g/mol. The number of hydrogen-bond donors (Lipinski definition) is 2. The van der Waals surface area contributed by atoms with Gasteiger partial charge in [-0.25, -0.2) is 0 Å². The van der Waals surface area contributed by atoms with Gasteiger partial charge in [-0.2, -0.15) is 0 Å². The quantitative estimate of drug-likeness (QED) is 0.839. The molecule has 1 unspecified atom stereocenters. The molecule has 2 rings (SSSR count). The number of piperazine rings is 1. The van der Waals surface area contributed by atoms with Gasteiger partial charge < -0.3 is 15.3 Å². The van der Waals surface area contributed by atoms with E-state index in [0.717, 1.165) is 31.7 Å². The second-order valence-corrected chi connectivity index (χ2v) is 6.22. The molecule has 0 amide bonds. The Morgan fingerprint density at radius 2 is 2.05 bits per heavy atom. The van der Waals surface area contributed by atoms with E-state index in [4.69, 9.17) is 11.6 Å². The van der Waals surface area contributed by atoms with Crippen molar-refractivity contribution in [3.63, 3.8) is 0 Å². The number of nitrogens with zero attached hydrogens (tertiary/aromatic N) is 1. The van der Waals surface area contributed by atoms with Crippen LogP contribution < -0.4 is 5.32 Å². The molecule has 1 aromatic rings. The molecule has 1 aliphatic heterocycles. The minimum Gasteiger partial charge on any atom is -0.507 e. The maximum Gasteiger partial charge on any atom is 0.170 e. The molecule has 1 fully saturated rings. The average molecular weight is 311 g/mol. The van der Waals surface area contributed by atoms with Crippen LogP contribution in [0, 0.1) is 19.8 Å². The summed E-state index contributed by atoms with van der Waals surface area (Å²) in [6.07, 6.45) is 0. The Bertz CT molecular complexity index is 540. The highest BCUT2D eigenvalue weighted by molar-refractivity contribution is 6.32. The van der Waals surface area contributed by atoms with Crippen LogP contribution in [-0.4, -0.2) is 48.5 Å². The molecule has 2 N–H and O–H groups in total. The van der Waals surface area contributed by atoms with Crippen LogP contribution in [0.1, 0.15) is 28.4 Å². The number of carbonyl (C=O) groups excluding carboxylic acids is 1. The molecule has 0 radical (unpaired) electrons. The lowest BCUT2D eigenvalue weighted by Gasteiger charge is -2.29. The smallest absolute Gasteiger partial charge is 0.170 e. The SMILES string of the molecule is Cc1cc(O)c(C(=O)C(C)CN2CCNCC2)c(C)c1Cl. The van der Waals surface area contributed by atoms with Crippen LogP contribution in [0.5, 0.6) is 5.75 Å². The van der Waals surface area contributed by atoms with Crippen molar-refractivity contribution < 1.29 is 9.90 Å². The summed E-state index contributed by atoms with van der Waals surface area (Å²) in [6.45, 7) is 10.1. The minimum atomic E-state index is -0.161. The molecule has 116 valence electrons. The van der Waals surface area contributed by atoms with Crippen LogP contribution in [-0.2, 0) is 0 Å². The zero-order valence-electron chi connectivity index (χ0n) is 12.9. The molecule has 1 aromatic carbocycles.